The van der Waals surface area contributed by atoms with E-state index in [0.29, 0.717) is 24.4 Å². The Bertz CT molecular complexity index is 614. The van der Waals surface area contributed by atoms with Gasteiger partial charge in [-0.3, -0.25) is 14.4 Å². The summed E-state index contributed by atoms with van der Waals surface area (Å²) < 4.78 is 5.07. The fourth-order valence-corrected chi connectivity index (χ4v) is 2.79. The lowest BCUT2D eigenvalue weighted by molar-refractivity contribution is -0.148. The maximum Gasteiger partial charge on any atom is 0.254 e. The molecule has 0 bridgehead atoms. The standard InChI is InChI=1S/C15H17N3O4/c1-22-11-4-2-10(3-5-11)15(21)17-6-7-18-12(9-17)14(20)16-8-13(18)19/h2-5,12H,6-9H2,1H3,(H,16,20)/t12-/m0/s1. The van der Waals surface area contributed by atoms with Gasteiger partial charge in [0, 0.05) is 18.7 Å². The summed E-state index contributed by atoms with van der Waals surface area (Å²) in [6, 6.07) is 6.25. The normalized spacial score (nSPS) is 21.2. The van der Waals surface area contributed by atoms with Gasteiger partial charge in [0.15, 0.2) is 0 Å². The number of carbonyl (C=O) groups excluding carboxylic acids is 3. The van der Waals surface area contributed by atoms with Crippen molar-refractivity contribution in [3.8, 4) is 5.75 Å². The number of piperazine rings is 2. The van der Waals surface area contributed by atoms with E-state index in [1.54, 1.807) is 41.2 Å². The van der Waals surface area contributed by atoms with Crippen LogP contribution in [0.15, 0.2) is 24.3 Å². The number of hydrogen-bond acceptors (Lipinski definition) is 4. The Kier molecular flexibility index (Phi) is 3.70. The topological polar surface area (TPSA) is 79.0 Å². The summed E-state index contributed by atoms with van der Waals surface area (Å²) in [4.78, 5) is 39.4. The molecule has 1 N–H and O–H groups in total. The Morgan fingerprint density at radius 1 is 1.23 bits per heavy atom. The third-order valence-corrected chi connectivity index (χ3v) is 4.04. The molecule has 1 aromatic carbocycles. The minimum atomic E-state index is -0.586. The van der Waals surface area contributed by atoms with Crippen LogP contribution in [0.5, 0.6) is 5.75 Å². The fourth-order valence-electron chi connectivity index (χ4n) is 2.79. The monoisotopic (exact) mass is 303 g/mol. The summed E-state index contributed by atoms with van der Waals surface area (Å²) in [7, 11) is 1.56. The van der Waals surface area contributed by atoms with Crippen LogP contribution in [0.2, 0.25) is 0 Å². The quantitative estimate of drug-likeness (QED) is 0.797. The predicted molar refractivity (Wildman–Crippen MR) is 77.4 cm³/mol. The molecular weight excluding hydrogens is 286 g/mol. The molecule has 22 heavy (non-hydrogen) atoms. The van der Waals surface area contributed by atoms with Gasteiger partial charge in [-0.05, 0) is 24.3 Å². The van der Waals surface area contributed by atoms with Crippen molar-refractivity contribution >= 4 is 17.7 Å². The lowest BCUT2D eigenvalue weighted by atomic mass is 10.1. The molecule has 116 valence electrons. The van der Waals surface area contributed by atoms with Crippen molar-refractivity contribution in [3.63, 3.8) is 0 Å². The number of benzene rings is 1. The van der Waals surface area contributed by atoms with Crippen molar-refractivity contribution in [2.75, 3.05) is 33.3 Å². The molecule has 7 heteroatoms. The van der Waals surface area contributed by atoms with E-state index in [1.165, 1.54) is 0 Å². The Morgan fingerprint density at radius 2 is 1.95 bits per heavy atom. The van der Waals surface area contributed by atoms with Crippen molar-refractivity contribution in [2.24, 2.45) is 0 Å². The Hall–Kier alpha value is -2.57. The summed E-state index contributed by atoms with van der Waals surface area (Å²) in [5.41, 5.74) is 0.539. The fraction of sp³-hybridized carbons (Fsp3) is 0.400. The van der Waals surface area contributed by atoms with Gasteiger partial charge in [-0.1, -0.05) is 0 Å². The number of fused-ring (bicyclic) bond motifs is 1. The number of methoxy groups -OCH3 is 1. The van der Waals surface area contributed by atoms with E-state index in [9.17, 15) is 14.4 Å². The number of amides is 3. The third-order valence-electron chi connectivity index (χ3n) is 4.04. The maximum atomic E-state index is 12.5. The highest BCUT2D eigenvalue weighted by molar-refractivity contribution is 5.98. The van der Waals surface area contributed by atoms with Gasteiger partial charge in [0.1, 0.15) is 11.8 Å². The molecule has 2 heterocycles. The molecule has 3 rings (SSSR count). The van der Waals surface area contributed by atoms with E-state index in [2.05, 4.69) is 5.32 Å². The van der Waals surface area contributed by atoms with E-state index < -0.39 is 6.04 Å². The minimum absolute atomic E-state index is 0.0434. The highest BCUT2D eigenvalue weighted by Gasteiger charge is 2.39. The minimum Gasteiger partial charge on any atom is -0.497 e. The molecule has 0 aliphatic carbocycles. The zero-order valence-electron chi connectivity index (χ0n) is 12.2. The van der Waals surface area contributed by atoms with Crippen molar-refractivity contribution in [3.05, 3.63) is 29.8 Å². The van der Waals surface area contributed by atoms with E-state index in [4.69, 9.17) is 4.74 Å². The average Bonchev–Trinajstić information content (AvgIpc) is 2.57. The average molecular weight is 303 g/mol. The summed E-state index contributed by atoms with van der Waals surface area (Å²) >= 11 is 0. The van der Waals surface area contributed by atoms with Gasteiger partial charge in [-0.2, -0.15) is 0 Å². The number of rotatable bonds is 2. The van der Waals surface area contributed by atoms with Gasteiger partial charge in [-0.25, -0.2) is 0 Å². The highest BCUT2D eigenvalue weighted by atomic mass is 16.5. The molecule has 0 aromatic heterocycles. The number of hydrogen-bond donors (Lipinski definition) is 1. The molecule has 3 amide bonds. The first-order chi connectivity index (χ1) is 10.6. The molecule has 0 radical (unpaired) electrons. The summed E-state index contributed by atoms with van der Waals surface area (Å²) in [5, 5.41) is 2.56. The molecule has 1 atom stereocenters. The molecule has 7 nitrogen and oxygen atoms in total. The molecule has 1 aromatic rings. The molecule has 2 fully saturated rings. The van der Waals surface area contributed by atoms with Gasteiger partial charge < -0.3 is 19.9 Å². The van der Waals surface area contributed by atoms with Gasteiger partial charge >= 0.3 is 0 Å². The second-order valence-corrected chi connectivity index (χ2v) is 5.30. The number of nitrogens with zero attached hydrogens (tertiary/aromatic N) is 2. The van der Waals surface area contributed by atoms with Crippen LogP contribution in [0.1, 0.15) is 10.4 Å². The number of carbonyl (C=O) groups is 3. The molecule has 0 spiro atoms. The first-order valence-electron chi connectivity index (χ1n) is 7.10. The van der Waals surface area contributed by atoms with Crippen molar-refractivity contribution in [1.29, 1.82) is 0 Å². The summed E-state index contributed by atoms with van der Waals surface area (Å²) in [6.07, 6.45) is 0. The van der Waals surface area contributed by atoms with Gasteiger partial charge in [0.25, 0.3) is 5.91 Å². The Labute approximate surface area is 127 Å². The summed E-state index contributed by atoms with van der Waals surface area (Å²) in [5.74, 6) is 0.236. The van der Waals surface area contributed by atoms with Gasteiger partial charge in [0.2, 0.25) is 11.8 Å². The third kappa shape index (κ3) is 2.49. The number of ether oxygens (including phenoxy) is 1. The Balaban J connectivity index is 1.74. The summed E-state index contributed by atoms with van der Waals surface area (Å²) in [6.45, 7) is 1.09. The van der Waals surface area contributed by atoms with Crippen molar-refractivity contribution in [2.45, 2.75) is 6.04 Å². The van der Waals surface area contributed by atoms with Crippen molar-refractivity contribution < 1.29 is 19.1 Å². The first-order valence-corrected chi connectivity index (χ1v) is 7.10. The Morgan fingerprint density at radius 3 is 2.64 bits per heavy atom. The highest BCUT2D eigenvalue weighted by Crippen LogP contribution is 2.17. The van der Waals surface area contributed by atoms with Crippen LogP contribution in [0.3, 0.4) is 0 Å². The number of nitrogens with one attached hydrogen (secondary N) is 1. The lowest BCUT2D eigenvalue weighted by Crippen LogP contribution is -2.66. The van der Waals surface area contributed by atoms with E-state index in [-0.39, 0.29) is 30.8 Å². The molecule has 0 saturated carbocycles. The SMILES string of the molecule is COc1ccc(C(=O)N2CCN3C(=O)CNC(=O)[C@@H]3C2)cc1. The smallest absolute Gasteiger partial charge is 0.254 e. The van der Waals surface area contributed by atoms with Crippen molar-refractivity contribution in [1.82, 2.24) is 15.1 Å². The zero-order valence-corrected chi connectivity index (χ0v) is 12.2. The maximum absolute atomic E-state index is 12.5. The molecule has 2 aliphatic heterocycles. The molecule has 0 unspecified atom stereocenters. The van der Waals surface area contributed by atoms with Crippen LogP contribution in [0, 0.1) is 0 Å². The van der Waals surface area contributed by atoms with Crippen LogP contribution in [-0.2, 0) is 9.59 Å². The zero-order chi connectivity index (χ0) is 15.7. The van der Waals surface area contributed by atoms with E-state index in [1.807, 2.05) is 0 Å². The van der Waals surface area contributed by atoms with Crippen LogP contribution >= 0.6 is 0 Å². The van der Waals surface area contributed by atoms with Gasteiger partial charge in [-0.15, -0.1) is 0 Å². The molecule has 2 saturated heterocycles. The van der Waals surface area contributed by atoms with Crippen LogP contribution in [-0.4, -0.2) is 66.9 Å². The van der Waals surface area contributed by atoms with Crippen LogP contribution in [0.25, 0.3) is 0 Å². The van der Waals surface area contributed by atoms with E-state index >= 15 is 0 Å². The second-order valence-electron chi connectivity index (χ2n) is 5.30. The first kappa shape index (κ1) is 14.4. The van der Waals surface area contributed by atoms with Crippen LogP contribution < -0.4 is 10.1 Å². The van der Waals surface area contributed by atoms with E-state index in [0.717, 1.165) is 0 Å². The lowest BCUT2D eigenvalue weighted by Gasteiger charge is -2.42. The predicted octanol–water partition coefficient (Wildman–Crippen LogP) is -0.522. The molecular formula is C15H17N3O4. The van der Waals surface area contributed by atoms with Crippen LogP contribution in [0.4, 0.5) is 0 Å². The second kappa shape index (κ2) is 5.67. The van der Waals surface area contributed by atoms with Gasteiger partial charge in [0.05, 0.1) is 20.2 Å². The molecule has 2 aliphatic rings. The largest absolute Gasteiger partial charge is 0.497 e.